The minimum Gasteiger partial charge on any atom is -0.395 e. The summed E-state index contributed by atoms with van der Waals surface area (Å²) in [6, 6.07) is 5.11. The number of unbranched alkanes of at least 4 members (excludes halogenated alkanes) is 11. The first-order chi connectivity index (χ1) is 13.3. The van der Waals surface area contributed by atoms with Crippen LogP contribution in [0.4, 0.5) is 14.5 Å². The first kappa shape index (κ1) is 22.9. The van der Waals surface area contributed by atoms with Crippen molar-refractivity contribution in [3.8, 4) is 11.5 Å². The summed E-state index contributed by atoms with van der Waals surface area (Å²) in [6.45, 7) is 3.24. The lowest BCUT2D eigenvalue weighted by atomic mass is 10.1. The number of hydrogen-bond acceptors (Lipinski definition) is 2. The molecule has 1 aromatic rings. The van der Waals surface area contributed by atoms with Crippen LogP contribution < -0.4 is 14.0 Å². The van der Waals surface area contributed by atoms with Gasteiger partial charge in [0.15, 0.2) is 11.5 Å². The Morgan fingerprint density at radius 2 is 1.25 bits per heavy atom. The zero-order valence-electron chi connectivity index (χ0n) is 17.9. The molecule has 0 amide bonds. The minimum atomic E-state index is -3.55. The maximum Gasteiger partial charge on any atom is 0.586 e. The Morgan fingerprint density at radius 3 is 1.82 bits per heavy atom. The molecule has 0 spiro atoms. The Labute approximate surface area is 169 Å². The molecule has 0 aromatic heterocycles. The predicted octanol–water partition coefficient (Wildman–Crippen LogP) is 7.28. The zero-order valence-corrected chi connectivity index (χ0v) is 17.9. The van der Waals surface area contributed by atoms with Crippen LogP contribution in [0.2, 0.25) is 0 Å². The molecule has 1 aromatic carbocycles. The highest BCUT2D eigenvalue weighted by Crippen LogP contribution is 2.43. The summed E-state index contributed by atoms with van der Waals surface area (Å²) in [5.74, 6) is 0.238. The molecule has 2 rings (SSSR count). The van der Waals surface area contributed by atoms with E-state index in [1.165, 1.54) is 70.6 Å². The fourth-order valence-corrected chi connectivity index (χ4v) is 3.79. The number of ether oxygens (including phenoxy) is 2. The number of rotatable bonds is 14. The lowest BCUT2D eigenvalue weighted by Gasteiger charge is -2.29. The van der Waals surface area contributed by atoms with E-state index in [4.69, 9.17) is 0 Å². The van der Waals surface area contributed by atoms with Crippen molar-refractivity contribution < 1.29 is 18.3 Å². The normalized spacial score (nSPS) is 15.2. The van der Waals surface area contributed by atoms with Crippen LogP contribution in [0.5, 0.6) is 11.5 Å². The van der Waals surface area contributed by atoms with Gasteiger partial charge in [-0.1, -0.05) is 71.1 Å². The summed E-state index contributed by atoms with van der Waals surface area (Å²) in [6.07, 6.45) is 12.4. The fourth-order valence-electron chi connectivity index (χ4n) is 3.79. The Bertz CT molecular complexity index is 590. The number of alkyl halides is 2. The lowest BCUT2D eigenvalue weighted by Crippen LogP contribution is -2.41. The molecule has 0 radical (unpaired) electrons. The van der Waals surface area contributed by atoms with Gasteiger partial charge in [0.1, 0.15) is 5.69 Å². The van der Waals surface area contributed by atoms with Gasteiger partial charge in [-0.05, 0) is 18.9 Å². The van der Waals surface area contributed by atoms with Gasteiger partial charge >= 0.3 is 6.29 Å². The standard InChI is InChI=1S/C23H38F2NO2/c1-4-5-6-7-8-9-10-11-12-13-14-15-18-26(2,3)20-16-17-21-22(19-20)28-23(24,25)27-21/h16-17,19H,4-15,18H2,1-3H3/q+1. The Morgan fingerprint density at radius 1 is 0.750 bits per heavy atom. The molecule has 28 heavy (non-hydrogen) atoms. The first-order valence-corrected chi connectivity index (χ1v) is 11.1. The second kappa shape index (κ2) is 11.0. The summed E-state index contributed by atoms with van der Waals surface area (Å²) < 4.78 is 36.1. The molecule has 1 aliphatic heterocycles. The molecule has 3 nitrogen and oxygen atoms in total. The third-order valence-electron chi connectivity index (χ3n) is 5.65. The summed E-state index contributed by atoms with van der Waals surface area (Å²) in [7, 11) is 4.21. The molecule has 1 aliphatic rings. The van der Waals surface area contributed by atoms with Gasteiger partial charge in [-0.3, -0.25) is 4.48 Å². The van der Waals surface area contributed by atoms with E-state index in [2.05, 4.69) is 30.5 Å². The number of halogens is 2. The third kappa shape index (κ3) is 7.57. The van der Waals surface area contributed by atoms with Crippen molar-refractivity contribution in [2.45, 2.75) is 90.3 Å². The monoisotopic (exact) mass is 398 g/mol. The molecular formula is C23H38F2NO2+. The molecular weight excluding hydrogens is 360 g/mol. The second-order valence-electron chi connectivity index (χ2n) is 8.60. The van der Waals surface area contributed by atoms with E-state index < -0.39 is 6.29 Å². The van der Waals surface area contributed by atoms with Crippen molar-refractivity contribution in [1.29, 1.82) is 0 Å². The fraction of sp³-hybridized carbons (Fsp3) is 0.739. The van der Waals surface area contributed by atoms with Crippen LogP contribution in [-0.4, -0.2) is 26.9 Å². The molecule has 1 heterocycles. The molecule has 0 saturated heterocycles. The van der Waals surface area contributed by atoms with Crippen LogP contribution in [0, 0.1) is 0 Å². The number of benzene rings is 1. The van der Waals surface area contributed by atoms with Gasteiger partial charge in [-0.2, -0.15) is 0 Å². The Balaban J connectivity index is 1.58. The van der Waals surface area contributed by atoms with Crippen molar-refractivity contribution in [2.75, 3.05) is 20.6 Å². The van der Waals surface area contributed by atoms with Crippen LogP contribution in [-0.2, 0) is 0 Å². The van der Waals surface area contributed by atoms with Crippen LogP contribution in [0.15, 0.2) is 18.2 Å². The van der Waals surface area contributed by atoms with E-state index in [1.807, 2.05) is 6.07 Å². The molecule has 0 atom stereocenters. The Kier molecular flexibility index (Phi) is 9.00. The zero-order chi connectivity index (χ0) is 20.5. The summed E-state index contributed by atoms with van der Waals surface area (Å²) in [4.78, 5) is 0. The minimum absolute atomic E-state index is 0.110. The summed E-state index contributed by atoms with van der Waals surface area (Å²) in [5.41, 5.74) is 0.961. The topological polar surface area (TPSA) is 18.5 Å². The molecule has 0 N–H and O–H groups in total. The van der Waals surface area contributed by atoms with E-state index in [0.29, 0.717) is 4.48 Å². The molecule has 0 unspecified atom stereocenters. The van der Waals surface area contributed by atoms with Gasteiger partial charge in [0, 0.05) is 12.1 Å². The molecule has 5 heteroatoms. The Hall–Kier alpha value is -1.36. The molecule has 0 fully saturated rings. The molecule has 0 saturated carbocycles. The summed E-state index contributed by atoms with van der Waals surface area (Å²) in [5, 5.41) is 0. The number of quaternary nitrogens is 1. The largest absolute Gasteiger partial charge is 0.586 e. The second-order valence-corrected chi connectivity index (χ2v) is 8.60. The SMILES string of the molecule is CCCCCCCCCCCCCC[N+](C)(C)c1ccc2c(c1)OC(F)(F)O2. The third-order valence-corrected chi connectivity index (χ3v) is 5.65. The summed E-state index contributed by atoms with van der Waals surface area (Å²) >= 11 is 0. The van der Waals surface area contributed by atoms with E-state index in [0.717, 1.165) is 18.7 Å². The first-order valence-electron chi connectivity index (χ1n) is 11.1. The van der Waals surface area contributed by atoms with Gasteiger partial charge < -0.3 is 9.47 Å². The lowest BCUT2D eigenvalue weighted by molar-refractivity contribution is -0.286. The predicted molar refractivity (Wildman–Crippen MR) is 112 cm³/mol. The average Bonchev–Trinajstić information content (AvgIpc) is 2.95. The quantitative estimate of drug-likeness (QED) is 0.242. The van der Waals surface area contributed by atoms with E-state index in [9.17, 15) is 8.78 Å². The highest BCUT2D eigenvalue weighted by Gasteiger charge is 2.44. The van der Waals surface area contributed by atoms with Gasteiger partial charge in [-0.15, -0.1) is 8.78 Å². The number of hydrogen-bond donors (Lipinski definition) is 0. The van der Waals surface area contributed by atoms with Gasteiger partial charge in [0.2, 0.25) is 0 Å². The van der Waals surface area contributed by atoms with Gasteiger partial charge in [-0.25, -0.2) is 0 Å². The van der Waals surface area contributed by atoms with Gasteiger partial charge in [0.05, 0.1) is 20.6 Å². The average molecular weight is 399 g/mol. The van der Waals surface area contributed by atoms with Gasteiger partial charge in [0.25, 0.3) is 0 Å². The van der Waals surface area contributed by atoms with E-state index in [1.54, 1.807) is 12.1 Å². The maximum atomic E-state index is 13.2. The maximum absolute atomic E-state index is 13.2. The highest BCUT2D eigenvalue weighted by atomic mass is 19.3. The van der Waals surface area contributed by atoms with Crippen LogP contribution >= 0.6 is 0 Å². The highest BCUT2D eigenvalue weighted by molar-refractivity contribution is 5.55. The number of fused-ring (bicyclic) bond motifs is 1. The van der Waals surface area contributed by atoms with Crippen molar-refractivity contribution in [3.63, 3.8) is 0 Å². The van der Waals surface area contributed by atoms with Crippen molar-refractivity contribution >= 4 is 5.69 Å². The number of nitrogens with zero attached hydrogens (tertiary/aromatic N) is 1. The van der Waals surface area contributed by atoms with Crippen LogP contribution in [0.3, 0.4) is 0 Å². The van der Waals surface area contributed by atoms with Crippen LogP contribution in [0.25, 0.3) is 0 Å². The molecule has 160 valence electrons. The molecule has 0 aliphatic carbocycles. The van der Waals surface area contributed by atoms with Crippen molar-refractivity contribution in [3.05, 3.63) is 18.2 Å². The van der Waals surface area contributed by atoms with Crippen molar-refractivity contribution in [2.24, 2.45) is 0 Å². The van der Waals surface area contributed by atoms with Crippen LogP contribution in [0.1, 0.15) is 84.0 Å². The van der Waals surface area contributed by atoms with Crippen molar-refractivity contribution in [1.82, 2.24) is 4.48 Å². The van der Waals surface area contributed by atoms with E-state index in [-0.39, 0.29) is 11.5 Å². The smallest absolute Gasteiger partial charge is 0.395 e. The molecule has 0 bridgehead atoms. The van der Waals surface area contributed by atoms with E-state index >= 15 is 0 Å².